The van der Waals surface area contributed by atoms with Gasteiger partial charge in [0.2, 0.25) is 0 Å². The first kappa shape index (κ1) is 18.8. The number of rotatable bonds is 4. The summed E-state index contributed by atoms with van der Waals surface area (Å²) in [4.78, 5) is 16.8. The normalized spacial score (nSPS) is 12.0. The highest BCUT2D eigenvalue weighted by atomic mass is 35.5. The molecular formula is C14H21ClN2O2S. The minimum absolute atomic E-state index is 0. The van der Waals surface area contributed by atoms with Crippen LogP contribution in [0.15, 0.2) is 24.4 Å². The second-order valence-electron chi connectivity index (χ2n) is 5.47. The number of thiocarbonyl (C=S) groups is 1. The first-order chi connectivity index (χ1) is 8.85. The summed E-state index contributed by atoms with van der Waals surface area (Å²) in [7, 11) is 1.69. The number of nitrogens with one attached hydrogen (secondary N) is 1. The molecule has 4 nitrogen and oxygen atoms in total. The monoisotopic (exact) mass is 316 g/mol. The molecule has 112 valence electrons. The van der Waals surface area contributed by atoms with Crippen molar-refractivity contribution in [3.63, 3.8) is 0 Å². The Labute approximate surface area is 131 Å². The Bertz CT molecular complexity index is 446. The van der Waals surface area contributed by atoms with Crippen molar-refractivity contribution >= 4 is 35.6 Å². The Kier molecular flexibility index (Phi) is 7.68. The molecule has 0 saturated carbocycles. The van der Waals surface area contributed by atoms with Gasteiger partial charge in [-0.1, -0.05) is 39.1 Å². The zero-order valence-electron chi connectivity index (χ0n) is 12.2. The lowest BCUT2D eigenvalue weighted by atomic mass is 9.98. The van der Waals surface area contributed by atoms with Gasteiger partial charge in [-0.15, -0.1) is 12.4 Å². The van der Waals surface area contributed by atoms with Crippen LogP contribution in [0.2, 0.25) is 0 Å². The van der Waals surface area contributed by atoms with Gasteiger partial charge in [-0.05, 0) is 17.5 Å². The zero-order chi connectivity index (χ0) is 14.5. The van der Waals surface area contributed by atoms with E-state index in [0.29, 0.717) is 17.3 Å². The first-order valence-corrected chi connectivity index (χ1v) is 6.55. The van der Waals surface area contributed by atoms with Gasteiger partial charge in [0.15, 0.2) is 0 Å². The van der Waals surface area contributed by atoms with E-state index in [1.807, 2.05) is 26.8 Å². The number of carbonyl (C=O) groups excluding carboxylic acids is 1. The summed E-state index contributed by atoms with van der Waals surface area (Å²) in [5.41, 5.74) is 0.520. The molecule has 20 heavy (non-hydrogen) atoms. The van der Waals surface area contributed by atoms with Gasteiger partial charge >= 0.3 is 5.97 Å². The maximum absolute atomic E-state index is 12.2. The highest BCUT2D eigenvalue weighted by Gasteiger charge is 2.28. The minimum atomic E-state index is -0.649. The molecule has 1 aromatic rings. The molecule has 1 aromatic heterocycles. The van der Waals surface area contributed by atoms with E-state index in [9.17, 15) is 4.79 Å². The Morgan fingerprint density at radius 1 is 1.45 bits per heavy atom. The van der Waals surface area contributed by atoms with Crippen molar-refractivity contribution in [1.29, 1.82) is 0 Å². The predicted molar refractivity (Wildman–Crippen MR) is 86.3 cm³/mol. The lowest BCUT2D eigenvalue weighted by Crippen LogP contribution is -2.33. The largest absolute Gasteiger partial charge is 0.464 e. The molecule has 0 spiro atoms. The average molecular weight is 317 g/mol. The highest BCUT2D eigenvalue weighted by Crippen LogP contribution is 2.19. The fraction of sp³-hybridized carbons (Fsp3) is 0.500. The standard InChI is InChI=1S/C14H20N2O2S.ClH/c1-14(2,3)9-18-13(17)11(12(19)15-4)10-7-5-6-8-16-10;/h5-8,11H,9H2,1-4H3,(H,15,19);1H. The van der Waals surface area contributed by atoms with Gasteiger partial charge in [0.05, 0.1) is 17.3 Å². The summed E-state index contributed by atoms with van der Waals surface area (Å²) in [6, 6.07) is 5.39. The fourth-order valence-corrected chi connectivity index (χ4v) is 1.64. The van der Waals surface area contributed by atoms with Crippen molar-refractivity contribution in [3.05, 3.63) is 30.1 Å². The van der Waals surface area contributed by atoms with Crippen LogP contribution in [0.25, 0.3) is 0 Å². The summed E-state index contributed by atoms with van der Waals surface area (Å²) >= 11 is 5.19. The predicted octanol–water partition coefficient (Wildman–Crippen LogP) is 2.72. The second kappa shape index (κ2) is 8.17. The van der Waals surface area contributed by atoms with Crippen molar-refractivity contribution in [1.82, 2.24) is 10.3 Å². The molecule has 1 rings (SSSR count). The number of halogens is 1. The molecular weight excluding hydrogens is 296 g/mol. The molecule has 0 saturated heterocycles. The van der Waals surface area contributed by atoms with Crippen LogP contribution in [-0.2, 0) is 9.53 Å². The summed E-state index contributed by atoms with van der Waals surface area (Å²) in [5, 5.41) is 2.83. The van der Waals surface area contributed by atoms with E-state index in [-0.39, 0.29) is 23.8 Å². The third-order valence-electron chi connectivity index (χ3n) is 2.38. The van der Waals surface area contributed by atoms with Gasteiger partial charge in [0.25, 0.3) is 0 Å². The van der Waals surface area contributed by atoms with E-state index >= 15 is 0 Å². The van der Waals surface area contributed by atoms with Crippen molar-refractivity contribution in [2.45, 2.75) is 26.7 Å². The van der Waals surface area contributed by atoms with Crippen LogP contribution in [0.4, 0.5) is 0 Å². The molecule has 1 heterocycles. The number of esters is 1. The average Bonchev–Trinajstić information content (AvgIpc) is 2.37. The summed E-state index contributed by atoms with van der Waals surface area (Å²) in [6.07, 6.45) is 1.64. The maximum Gasteiger partial charge on any atom is 0.322 e. The summed E-state index contributed by atoms with van der Waals surface area (Å²) < 4.78 is 5.34. The molecule has 6 heteroatoms. The Hall–Kier alpha value is -1.20. The van der Waals surface area contributed by atoms with E-state index in [1.54, 1.807) is 25.4 Å². The lowest BCUT2D eigenvalue weighted by molar-refractivity contribution is -0.146. The summed E-state index contributed by atoms with van der Waals surface area (Å²) in [6.45, 7) is 6.37. The Morgan fingerprint density at radius 2 is 2.10 bits per heavy atom. The Morgan fingerprint density at radius 3 is 2.55 bits per heavy atom. The van der Waals surface area contributed by atoms with Crippen LogP contribution < -0.4 is 5.32 Å². The number of carbonyl (C=O) groups is 1. The quantitative estimate of drug-likeness (QED) is 0.684. The Balaban J connectivity index is 0.00000361. The molecule has 1 N–H and O–H groups in total. The number of likely N-dealkylation sites (N-methyl/N-ethyl adjacent to an activating group) is 1. The third kappa shape index (κ3) is 5.84. The van der Waals surface area contributed by atoms with Crippen LogP contribution >= 0.6 is 24.6 Å². The van der Waals surface area contributed by atoms with Crippen LogP contribution in [0.1, 0.15) is 32.4 Å². The highest BCUT2D eigenvalue weighted by molar-refractivity contribution is 7.80. The maximum atomic E-state index is 12.2. The zero-order valence-corrected chi connectivity index (χ0v) is 13.8. The minimum Gasteiger partial charge on any atom is -0.464 e. The molecule has 0 bridgehead atoms. The molecule has 0 amide bonds. The first-order valence-electron chi connectivity index (χ1n) is 6.14. The van der Waals surface area contributed by atoms with Crippen LogP contribution in [0.5, 0.6) is 0 Å². The molecule has 0 fully saturated rings. The topological polar surface area (TPSA) is 51.2 Å². The molecule has 0 aromatic carbocycles. The molecule has 0 radical (unpaired) electrons. The summed E-state index contributed by atoms with van der Waals surface area (Å²) in [5.74, 6) is -1.02. The molecule has 1 unspecified atom stereocenters. The number of hydrogen-bond acceptors (Lipinski definition) is 4. The SMILES string of the molecule is CNC(=S)C(C(=O)OCC(C)(C)C)c1ccccn1.Cl. The van der Waals surface area contributed by atoms with E-state index in [0.717, 1.165) is 0 Å². The van der Waals surface area contributed by atoms with Gasteiger partial charge in [0.1, 0.15) is 5.92 Å². The number of aromatic nitrogens is 1. The smallest absolute Gasteiger partial charge is 0.322 e. The molecule has 0 aliphatic carbocycles. The van der Waals surface area contributed by atoms with Crippen LogP contribution in [0, 0.1) is 5.41 Å². The van der Waals surface area contributed by atoms with Gasteiger partial charge in [-0.2, -0.15) is 0 Å². The van der Waals surface area contributed by atoms with E-state index in [4.69, 9.17) is 17.0 Å². The molecule has 0 aliphatic rings. The molecule has 1 atom stereocenters. The van der Waals surface area contributed by atoms with Crippen molar-refractivity contribution in [2.75, 3.05) is 13.7 Å². The van der Waals surface area contributed by atoms with Crippen molar-refractivity contribution in [3.8, 4) is 0 Å². The van der Waals surface area contributed by atoms with Crippen LogP contribution in [-0.4, -0.2) is 29.6 Å². The third-order valence-corrected chi connectivity index (χ3v) is 2.82. The molecule has 0 aliphatic heterocycles. The van der Waals surface area contributed by atoms with Crippen molar-refractivity contribution < 1.29 is 9.53 Å². The van der Waals surface area contributed by atoms with Gasteiger partial charge in [-0.25, -0.2) is 0 Å². The van der Waals surface area contributed by atoms with E-state index in [2.05, 4.69) is 10.3 Å². The van der Waals surface area contributed by atoms with Gasteiger partial charge in [-0.3, -0.25) is 9.78 Å². The number of hydrogen-bond donors (Lipinski definition) is 1. The van der Waals surface area contributed by atoms with Gasteiger partial charge in [0, 0.05) is 13.2 Å². The number of nitrogens with zero attached hydrogens (tertiary/aromatic N) is 1. The fourth-order valence-electron chi connectivity index (χ4n) is 1.42. The van der Waals surface area contributed by atoms with Crippen LogP contribution in [0.3, 0.4) is 0 Å². The number of pyridine rings is 1. The van der Waals surface area contributed by atoms with E-state index in [1.165, 1.54) is 0 Å². The lowest BCUT2D eigenvalue weighted by Gasteiger charge is -2.21. The van der Waals surface area contributed by atoms with E-state index < -0.39 is 5.92 Å². The van der Waals surface area contributed by atoms with Gasteiger partial charge < -0.3 is 10.1 Å². The number of ether oxygens (including phenoxy) is 1. The second-order valence-corrected chi connectivity index (χ2v) is 5.91. The van der Waals surface area contributed by atoms with Crippen molar-refractivity contribution in [2.24, 2.45) is 5.41 Å².